The summed E-state index contributed by atoms with van der Waals surface area (Å²) in [4.78, 5) is 23.5. The zero-order valence-electron chi connectivity index (χ0n) is 20.0. The standard InChI is InChI=1S/C24H30FN7O3/c1-4-35-24-26-11-17(12-27-24)21-15(2)22(31-30-21)29-23(33)28-20-14-32(9-10-34-3)13-19(20)16-5-7-18(25)8-6-16/h5-8,11-12,19-20H,4,9-10,13-14H2,1-3H3,(H3,28,29,30,31,33)/t19-,20+/m0/s1. The average Bonchev–Trinajstić information content (AvgIpc) is 3.42. The number of nitrogens with one attached hydrogen (secondary N) is 3. The number of anilines is 1. The molecular formula is C24H30FN7O3. The lowest BCUT2D eigenvalue weighted by Crippen LogP contribution is -2.42. The Labute approximate surface area is 203 Å². The van der Waals surface area contributed by atoms with E-state index in [4.69, 9.17) is 9.47 Å². The second-order valence-corrected chi connectivity index (χ2v) is 8.37. The maximum Gasteiger partial charge on any atom is 0.320 e. The average molecular weight is 484 g/mol. The zero-order valence-corrected chi connectivity index (χ0v) is 20.0. The van der Waals surface area contributed by atoms with Crippen molar-refractivity contribution >= 4 is 11.8 Å². The molecule has 2 atom stereocenters. The van der Waals surface area contributed by atoms with E-state index < -0.39 is 0 Å². The summed E-state index contributed by atoms with van der Waals surface area (Å²) in [5.74, 6) is 0.155. The molecule has 1 saturated heterocycles. The van der Waals surface area contributed by atoms with Gasteiger partial charge in [-0.15, -0.1) is 0 Å². The van der Waals surface area contributed by atoms with Gasteiger partial charge >= 0.3 is 12.0 Å². The first-order chi connectivity index (χ1) is 17.0. The van der Waals surface area contributed by atoms with E-state index in [1.807, 2.05) is 13.8 Å². The molecule has 10 nitrogen and oxygen atoms in total. The largest absolute Gasteiger partial charge is 0.464 e. The maximum absolute atomic E-state index is 13.5. The van der Waals surface area contributed by atoms with Gasteiger partial charge in [-0.2, -0.15) is 5.10 Å². The number of benzene rings is 1. The molecule has 3 aromatic rings. The third kappa shape index (κ3) is 5.92. The summed E-state index contributed by atoms with van der Waals surface area (Å²) in [5.41, 5.74) is 3.17. The number of halogens is 1. The van der Waals surface area contributed by atoms with Crippen LogP contribution in [-0.2, 0) is 4.74 Å². The van der Waals surface area contributed by atoms with E-state index in [9.17, 15) is 9.18 Å². The molecule has 1 fully saturated rings. The number of ether oxygens (including phenoxy) is 2. The minimum atomic E-state index is -0.361. The van der Waals surface area contributed by atoms with Gasteiger partial charge in [0.2, 0.25) is 0 Å². The van der Waals surface area contributed by atoms with Gasteiger partial charge in [0.25, 0.3) is 0 Å². The van der Waals surface area contributed by atoms with E-state index in [-0.39, 0.29) is 23.8 Å². The van der Waals surface area contributed by atoms with Crippen molar-refractivity contribution in [3.8, 4) is 17.3 Å². The summed E-state index contributed by atoms with van der Waals surface area (Å²) < 4.78 is 23.9. The Balaban J connectivity index is 1.44. The monoisotopic (exact) mass is 483 g/mol. The van der Waals surface area contributed by atoms with Gasteiger partial charge in [0.15, 0.2) is 5.82 Å². The topological polar surface area (TPSA) is 117 Å². The van der Waals surface area contributed by atoms with E-state index in [2.05, 4.69) is 35.7 Å². The number of aromatic nitrogens is 4. The number of urea groups is 1. The highest BCUT2D eigenvalue weighted by atomic mass is 19.1. The van der Waals surface area contributed by atoms with Gasteiger partial charge in [-0.3, -0.25) is 15.3 Å². The minimum Gasteiger partial charge on any atom is -0.464 e. The molecule has 0 radical (unpaired) electrons. The fraction of sp³-hybridized carbons (Fsp3) is 0.417. The number of carbonyl (C=O) groups is 1. The lowest BCUT2D eigenvalue weighted by atomic mass is 9.94. The minimum absolute atomic E-state index is 0.0232. The molecule has 4 rings (SSSR count). The number of hydrogen-bond acceptors (Lipinski definition) is 7. The summed E-state index contributed by atoms with van der Waals surface area (Å²) in [6, 6.07) is 6.23. The van der Waals surface area contributed by atoms with Crippen LogP contribution in [0.15, 0.2) is 36.7 Å². The summed E-state index contributed by atoms with van der Waals surface area (Å²) in [7, 11) is 1.66. The Morgan fingerprint density at radius 1 is 1.23 bits per heavy atom. The SMILES string of the molecule is CCOc1ncc(-c2[nH]nc(NC(=O)N[C@@H]3CN(CCOC)C[C@H]3c3ccc(F)cc3)c2C)cn1. The van der Waals surface area contributed by atoms with Crippen LogP contribution in [0.2, 0.25) is 0 Å². The maximum atomic E-state index is 13.5. The van der Waals surface area contributed by atoms with Crippen molar-refractivity contribution in [1.29, 1.82) is 0 Å². The number of carbonyl (C=O) groups excluding carboxylic acids is 1. The molecule has 3 N–H and O–H groups in total. The Hall–Kier alpha value is -3.57. The van der Waals surface area contributed by atoms with E-state index >= 15 is 0 Å². The van der Waals surface area contributed by atoms with Crippen molar-refractivity contribution in [1.82, 2.24) is 30.4 Å². The lowest BCUT2D eigenvalue weighted by molar-refractivity contribution is 0.159. The highest BCUT2D eigenvalue weighted by Crippen LogP contribution is 2.29. The molecule has 0 bridgehead atoms. The third-order valence-electron chi connectivity index (χ3n) is 6.05. The van der Waals surface area contributed by atoms with Crippen molar-refractivity contribution in [2.45, 2.75) is 25.8 Å². The quantitative estimate of drug-likeness (QED) is 0.428. The summed E-state index contributed by atoms with van der Waals surface area (Å²) >= 11 is 0. The zero-order chi connectivity index (χ0) is 24.8. The molecule has 35 heavy (non-hydrogen) atoms. The molecule has 0 saturated carbocycles. The highest BCUT2D eigenvalue weighted by Gasteiger charge is 2.34. The van der Waals surface area contributed by atoms with E-state index in [1.54, 1.807) is 31.6 Å². The number of likely N-dealkylation sites (tertiary alicyclic amines) is 1. The van der Waals surface area contributed by atoms with Crippen LogP contribution in [0.5, 0.6) is 6.01 Å². The molecule has 2 aromatic heterocycles. The predicted molar refractivity (Wildman–Crippen MR) is 129 cm³/mol. The van der Waals surface area contributed by atoms with Gasteiger partial charge in [-0.05, 0) is 31.5 Å². The first-order valence-corrected chi connectivity index (χ1v) is 11.5. The second kappa shape index (κ2) is 11.2. The normalized spacial score (nSPS) is 17.9. The molecule has 11 heteroatoms. The Kier molecular flexibility index (Phi) is 7.88. The first kappa shape index (κ1) is 24.6. The summed E-state index contributed by atoms with van der Waals surface area (Å²) in [6.45, 7) is 6.95. The molecule has 1 aliphatic heterocycles. The predicted octanol–water partition coefficient (Wildman–Crippen LogP) is 2.95. The Bertz CT molecular complexity index is 1120. The highest BCUT2D eigenvalue weighted by molar-refractivity contribution is 5.90. The Morgan fingerprint density at radius 2 is 1.97 bits per heavy atom. The van der Waals surface area contributed by atoms with E-state index in [0.717, 1.165) is 29.8 Å². The van der Waals surface area contributed by atoms with Gasteiger partial charge in [0.05, 0.1) is 24.9 Å². The van der Waals surface area contributed by atoms with E-state index in [1.165, 1.54) is 12.1 Å². The number of nitrogens with zero attached hydrogens (tertiary/aromatic N) is 4. The molecule has 0 unspecified atom stereocenters. The Morgan fingerprint density at radius 3 is 2.66 bits per heavy atom. The van der Waals surface area contributed by atoms with Gasteiger partial charge in [0.1, 0.15) is 5.82 Å². The van der Waals surface area contributed by atoms with Crippen LogP contribution in [0.3, 0.4) is 0 Å². The van der Waals surface area contributed by atoms with E-state index in [0.29, 0.717) is 37.3 Å². The van der Waals surface area contributed by atoms with Crippen LogP contribution in [0.25, 0.3) is 11.3 Å². The third-order valence-corrected chi connectivity index (χ3v) is 6.05. The van der Waals surface area contributed by atoms with Crippen LogP contribution < -0.4 is 15.4 Å². The van der Waals surface area contributed by atoms with Crippen molar-refractivity contribution in [3.63, 3.8) is 0 Å². The molecule has 0 aliphatic carbocycles. The second-order valence-electron chi connectivity index (χ2n) is 8.37. The van der Waals surface area contributed by atoms with Crippen LogP contribution in [0.4, 0.5) is 15.0 Å². The molecule has 3 heterocycles. The van der Waals surface area contributed by atoms with Crippen molar-refractivity contribution in [2.75, 3.05) is 45.3 Å². The molecule has 0 spiro atoms. The lowest BCUT2D eigenvalue weighted by Gasteiger charge is -2.20. The molecule has 1 aromatic carbocycles. The molecule has 2 amide bonds. The fourth-order valence-corrected chi connectivity index (χ4v) is 4.24. The van der Waals surface area contributed by atoms with Crippen LogP contribution in [0, 0.1) is 12.7 Å². The van der Waals surface area contributed by atoms with Crippen LogP contribution in [0.1, 0.15) is 24.0 Å². The number of H-pyrrole nitrogens is 1. The molecule has 1 aliphatic rings. The summed E-state index contributed by atoms with van der Waals surface area (Å²) in [5, 5.41) is 13.1. The fourth-order valence-electron chi connectivity index (χ4n) is 4.24. The van der Waals surface area contributed by atoms with Crippen molar-refractivity contribution in [3.05, 3.63) is 53.6 Å². The first-order valence-electron chi connectivity index (χ1n) is 11.5. The number of amides is 2. The number of rotatable bonds is 9. The molecular weight excluding hydrogens is 453 g/mol. The van der Waals surface area contributed by atoms with Gasteiger partial charge < -0.3 is 14.8 Å². The summed E-state index contributed by atoms with van der Waals surface area (Å²) in [6.07, 6.45) is 3.28. The van der Waals surface area contributed by atoms with Gasteiger partial charge in [0, 0.05) is 56.2 Å². The number of aromatic amines is 1. The van der Waals surface area contributed by atoms with Gasteiger partial charge in [-0.25, -0.2) is 19.2 Å². The van der Waals surface area contributed by atoms with Crippen molar-refractivity contribution < 1.29 is 18.7 Å². The van der Waals surface area contributed by atoms with Crippen LogP contribution in [-0.4, -0.2) is 77.1 Å². The van der Waals surface area contributed by atoms with Crippen molar-refractivity contribution in [2.24, 2.45) is 0 Å². The van der Waals surface area contributed by atoms with Gasteiger partial charge in [-0.1, -0.05) is 12.1 Å². The molecule has 186 valence electrons. The number of methoxy groups -OCH3 is 1. The number of hydrogen-bond donors (Lipinski definition) is 3. The van der Waals surface area contributed by atoms with Crippen LogP contribution >= 0.6 is 0 Å². The smallest absolute Gasteiger partial charge is 0.320 e.